The van der Waals surface area contributed by atoms with Gasteiger partial charge in [0.25, 0.3) is 5.56 Å². The number of carbonyl (C=O) groups excluding carboxylic acids is 1. The van der Waals surface area contributed by atoms with Gasteiger partial charge in [0.15, 0.2) is 4.80 Å². The number of benzene rings is 2. The number of aromatic hydroxyl groups is 2. The summed E-state index contributed by atoms with van der Waals surface area (Å²) in [4.78, 5) is 31.3. The Labute approximate surface area is 195 Å². The van der Waals surface area contributed by atoms with Gasteiger partial charge in [-0.3, -0.25) is 9.36 Å². The molecular weight excluding hydrogens is 496 g/mol. The predicted octanol–water partition coefficient (Wildman–Crippen LogP) is 2.97. The van der Waals surface area contributed by atoms with Crippen molar-refractivity contribution in [2.45, 2.75) is 19.4 Å². The highest BCUT2D eigenvalue weighted by molar-refractivity contribution is 9.10. The fraction of sp³-hybridized carbons (Fsp3) is 0.174. The number of halogens is 1. The molecule has 164 valence electrons. The maximum absolute atomic E-state index is 13.5. The molecule has 7 nitrogen and oxygen atoms in total. The monoisotopic (exact) mass is 514 g/mol. The Morgan fingerprint density at radius 3 is 2.62 bits per heavy atom. The minimum atomic E-state index is -0.683. The van der Waals surface area contributed by atoms with E-state index in [1.807, 2.05) is 37.3 Å². The lowest BCUT2D eigenvalue weighted by molar-refractivity contribution is -0.136. The van der Waals surface area contributed by atoms with Crippen LogP contribution in [0.1, 0.15) is 30.5 Å². The molecule has 1 aliphatic rings. The molecule has 0 saturated carbocycles. The molecule has 2 heterocycles. The van der Waals surface area contributed by atoms with E-state index in [4.69, 9.17) is 4.74 Å². The maximum atomic E-state index is 13.5. The lowest BCUT2D eigenvalue weighted by Gasteiger charge is -2.25. The van der Waals surface area contributed by atoms with Gasteiger partial charge in [0.05, 0.1) is 33.4 Å². The first-order chi connectivity index (χ1) is 15.3. The van der Waals surface area contributed by atoms with Gasteiger partial charge in [0, 0.05) is 11.6 Å². The largest absolute Gasteiger partial charge is 0.507 e. The second-order valence-corrected chi connectivity index (χ2v) is 8.92. The number of hydrogen-bond donors (Lipinski definition) is 2. The number of thiazole rings is 1. The molecule has 32 heavy (non-hydrogen) atoms. The zero-order chi connectivity index (χ0) is 23.0. The van der Waals surface area contributed by atoms with Gasteiger partial charge in [0.2, 0.25) is 0 Å². The number of methoxy groups -OCH3 is 1. The van der Waals surface area contributed by atoms with Gasteiger partial charge in [-0.25, -0.2) is 9.79 Å². The Kier molecular flexibility index (Phi) is 6.03. The molecule has 0 spiro atoms. The van der Waals surface area contributed by atoms with Crippen molar-refractivity contribution in [2.24, 2.45) is 4.99 Å². The van der Waals surface area contributed by atoms with Crippen LogP contribution in [0.3, 0.4) is 0 Å². The number of nitrogens with zero attached hydrogens (tertiary/aromatic N) is 2. The summed E-state index contributed by atoms with van der Waals surface area (Å²) in [6, 6.07) is 11.3. The lowest BCUT2D eigenvalue weighted by Crippen LogP contribution is -2.40. The van der Waals surface area contributed by atoms with Crippen LogP contribution in [0.15, 0.2) is 68.0 Å². The Morgan fingerprint density at radius 1 is 1.25 bits per heavy atom. The summed E-state index contributed by atoms with van der Waals surface area (Å²) < 4.78 is 7.24. The van der Waals surface area contributed by atoms with Crippen molar-refractivity contribution < 1.29 is 19.7 Å². The summed E-state index contributed by atoms with van der Waals surface area (Å²) in [6.45, 7) is 1.89. The van der Waals surface area contributed by atoms with Gasteiger partial charge in [0.1, 0.15) is 11.5 Å². The van der Waals surface area contributed by atoms with Crippen molar-refractivity contribution in [2.75, 3.05) is 7.11 Å². The first-order valence-corrected chi connectivity index (χ1v) is 11.4. The average Bonchev–Trinajstić information content (AvgIpc) is 3.11. The summed E-state index contributed by atoms with van der Waals surface area (Å²) >= 11 is 4.39. The molecular formula is C23H19BrN2O5S. The first-order valence-electron chi connectivity index (χ1n) is 9.75. The maximum Gasteiger partial charge on any atom is 0.338 e. The number of phenolic OH excluding ortho intramolecular Hbond substituents is 2. The molecule has 1 atom stereocenters. The number of phenols is 2. The Balaban J connectivity index is 2.01. The number of esters is 1. The second kappa shape index (κ2) is 8.76. The highest BCUT2D eigenvalue weighted by Gasteiger charge is 2.33. The highest BCUT2D eigenvalue weighted by Crippen LogP contribution is 2.33. The van der Waals surface area contributed by atoms with Gasteiger partial charge in [-0.2, -0.15) is 0 Å². The van der Waals surface area contributed by atoms with Crippen molar-refractivity contribution in [1.29, 1.82) is 0 Å². The summed E-state index contributed by atoms with van der Waals surface area (Å²) in [5, 5.41) is 20.0. The number of carbonyl (C=O) groups is 1. The molecule has 9 heteroatoms. The van der Waals surface area contributed by atoms with Crippen LogP contribution in [0.5, 0.6) is 11.5 Å². The van der Waals surface area contributed by atoms with E-state index in [2.05, 4.69) is 20.9 Å². The van der Waals surface area contributed by atoms with Crippen LogP contribution >= 0.6 is 27.3 Å². The van der Waals surface area contributed by atoms with Crippen LogP contribution in [0.4, 0.5) is 0 Å². The van der Waals surface area contributed by atoms with Crippen LogP contribution in [0.25, 0.3) is 6.08 Å². The normalized spacial score (nSPS) is 16.0. The first kappa shape index (κ1) is 22.0. The third kappa shape index (κ3) is 3.78. The van der Waals surface area contributed by atoms with Gasteiger partial charge in [-0.15, -0.1) is 0 Å². The zero-order valence-corrected chi connectivity index (χ0v) is 19.6. The molecule has 0 aliphatic carbocycles. The summed E-state index contributed by atoms with van der Waals surface area (Å²) in [7, 11) is 1.31. The second-order valence-electron chi connectivity index (χ2n) is 7.06. The molecule has 0 unspecified atom stereocenters. The van der Waals surface area contributed by atoms with E-state index >= 15 is 0 Å². The number of ether oxygens (including phenoxy) is 1. The number of allylic oxidation sites excluding steroid dienone is 1. The molecule has 3 aromatic rings. The van der Waals surface area contributed by atoms with E-state index in [1.165, 1.54) is 35.1 Å². The molecule has 0 radical (unpaired) electrons. The topological polar surface area (TPSA) is 101 Å². The molecule has 2 aromatic carbocycles. The van der Waals surface area contributed by atoms with Crippen molar-refractivity contribution in [3.8, 4) is 11.5 Å². The minimum absolute atomic E-state index is 0.111. The van der Waals surface area contributed by atoms with Crippen molar-refractivity contribution >= 4 is 39.3 Å². The van der Waals surface area contributed by atoms with E-state index in [0.717, 1.165) is 5.56 Å². The molecule has 1 aliphatic heterocycles. The van der Waals surface area contributed by atoms with Gasteiger partial charge in [-0.05, 0) is 40.1 Å². The fourth-order valence-corrected chi connectivity index (χ4v) is 5.01. The van der Waals surface area contributed by atoms with E-state index in [-0.39, 0.29) is 17.1 Å². The number of rotatable bonds is 4. The van der Waals surface area contributed by atoms with E-state index in [9.17, 15) is 19.8 Å². The summed E-state index contributed by atoms with van der Waals surface area (Å²) in [5.74, 6) is -0.810. The number of fused-ring (bicyclic) bond motifs is 1. The van der Waals surface area contributed by atoms with Gasteiger partial charge >= 0.3 is 5.97 Å². The van der Waals surface area contributed by atoms with E-state index in [0.29, 0.717) is 37.1 Å². The molecule has 0 bridgehead atoms. The minimum Gasteiger partial charge on any atom is -0.507 e. The molecule has 0 saturated heterocycles. The van der Waals surface area contributed by atoms with Crippen LogP contribution < -0.4 is 14.9 Å². The SMILES string of the molecule is CCC1=C(C(=O)OC)[C@@H](c2ccccc2)n2c(s/c(=C\c3cc(Br)c(O)cc3O)c2=O)=N1. The van der Waals surface area contributed by atoms with E-state index < -0.39 is 12.0 Å². The van der Waals surface area contributed by atoms with Crippen LogP contribution in [-0.4, -0.2) is 27.9 Å². The van der Waals surface area contributed by atoms with Crippen LogP contribution in [0, 0.1) is 0 Å². The molecule has 4 rings (SSSR count). The predicted molar refractivity (Wildman–Crippen MR) is 124 cm³/mol. The standard InChI is InChI=1S/C23H19BrN2O5S/c1-3-15-19(22(30)31-2)20(12-7-5-4-6-8-12)26-21(29)18(32-23(26)25-15)10-13-9-14(24)17(28)11-16(13)27/h4-11,20,27-28H,3H2,1-2H3/b18-10-/t20-/m1/s1. The Morgan fingerprint density at radius 2 is 1.97 bits per heavy atom. The highest BCUT2D eigenvalue weighted by atomic mass is 79.9. The Hall–Kier alpha value is -3.17. The molecule has 0 amide bonds. The summed E-state index contributed by atoms with van der Waals surface area (Å²) in [5.41, 5.74) is 1.67. The average molecular weight is 515 g/mol. The van der Waals surface area contributed by atoms with Gasteiger partial charge in [-0.1, -0.05) is 48.6 Å². The van der Waals surface area contributed by atoms with Gasteiger partial charge < -0.3 is 14.9 Å². The van der Waals surface area contributed by atoms with Crippen LogP contribution in [-0.2, 0) is 9.53 Å². The van der Waals surface area contributed by atoms with Crippen molar-refractivity contribution in [3.63, 3.8) is 0 Å². The lowest BCUT2D eigenvalue weighted by atomic mass is 9.95. The molecule has 1 aromatic heterocycles. The summed E-state index contributed by atoms with van der Waals surface area (Å²) in [6.07, 6.45) is 2.03. The smallest absolute Gasteiger partial charge is 0.338 e. The third-order valence-corrected chi connectivity index (χ3v) is 6.77. The zero-order valence-electron chi connectivity index (χ0n) is 17.2. The van der Waals surface area contributed by atoms with E-state index in [1.54, 1.807) is 6.08 Å². The molecule has 0 fully saturated rings. The third-order valence-electron chi connectivity index (χ3n) is 5.15. The number of hydrogen-bond acceptors (Lipinski definition) is 7. The Bertz CT molecular complexity index is 1420. The quantitative estimate of drug-likeness (QED) is 0.521. The fourth-order valence-electron chi connectivity index (χ4n) is 3.64. The van der Waals surface area contributed by atoms with Crippen molar-refractivity contribution in [1.82, 2.24) is 4.57 Å². The number of aromatic nitrogens is 1. The molecule has 2 N–H and O–H groups in total. The van der Waals surface area contributed by atoms with Crippen molar-refractivity contribution in [3.05, 3.63) is 89.0 Å². The van der Waals surface area contributed by atoms with Crippen LogP contribution in [0.2, 0.25) is 0 Å².